The zero-order valence-electron chi connectivity index (χ0n) is 10.1. The van der Waals surface area contributed by atoms with E-state index >= 15 is 0 Å². The second kappa shape index (κ2) is 5.33. The first kappa shape index (κ1) is 12.1. The van der Waals surface area contributed by atoms with Gasteiger partial charge < -0.3 is 0 Å². The Kier molecular flexibility index (Phi) is 3.38. The molecule has 92 valence electrons. The lowest BCUT2D eigenvalue weighted by Crippen LogP contribution is -1.89. The van der Waals surface area contributed by atoms with Crippen LogP contribution >= 0.6 is 15.9 Å². The highest BCUT2D eigenvalue weighted by Gasteiger charge is 2.04. The molecule has 19 heavy (non-hydrogen) atoms. The number of hydrogen-bond acceptors (Lipinski definition) is 2. The maximum atomic E-state index is 4.34. The molecule has 0 radical (unpaired) electrons. The molecule has 1 aromatic heterocycles. The van der Waals surface area contributed by atoms with Crippen LogP contribution in [0, 0.1) is 0 Å². The molecule has 0 atom stereocenters. The minimum atomic E-state index is 0.926. The fraction of sp³-hybridized carbons (Fsp3) is 0. The Labute approximate surface area is 120 Å². The third-order valence-electron chi connectivity index (χ3n) is 2.86. The van der Waals surface area contributed by atoms with E-state index in [2.05, 4.69) is 32.0 Å². The highest BCUT2D eigenvalue weighted by atomic mass is 79.9. The number of hydrogen-bond donors (Lipinski definition) is 0. The SMILES string of the molecule is Brc1cccc(-c2cc(-c3ccccc3)ncn2)c1. The van der Waals surface area contributed by atoms with Crippen LogP contribution in [0.4, 0.5) is 0 Å². The van der Waals surface area contributed by atoms with Crippen LogP contribution in [0.5, 0.6) is 0 Å². The quantitative estimate of drug-likeness (QED) is 0.692. The van der Waals surface area contributed by atoms with Gasteiger partial charge in [-0.25, -0.2) is 9.97 Å². The maximum absolute atomic E-state index is 4.34. The smallest absolute Gasteiger partial charge is 0.116 e. The van der Waals surface area contributed by atoms with Crippen molar-refractivity contribution in [2.45, 2.75) is 0 Å². The summed E-state index contributed by atoms with van der Waals surface area (Å²) in [5.41, 5.74) is 4.04. The number of rotatable bonds is 2. The number of benzene rings is 2. The molecule has 3 aromatic rings. The van der Waals surface area contributed by atoms with E-state index < -0.39 is 0 Å². The van der Waals surface area contributed by atoms with Crippen LogP contribution in [0.15, 0.2) is 71.5 Å². The number of aromatic nitrogens is 2. The van der Waals surface area contributed by atoms with Crippen LogP contribution in [0.1, 0.15) is 0 Å². The van der Waals surface area contributed by atoms with Crippen LogP contribution in [0.3, 0.4) is 0 Å². The number of nitrogens with zero attached hydrogens (tertiary/aromatic N) is 2. The highest BCUT2D eigenvalue weighted by Crippen LogP contribution is 2.24. The Morgan fingerprint density at radius 3 is 2.11 bits per heavy atom. The van der Waals surface area contributed by atoms with Crippen molar-refractivity contribution >= 4 is 15.9 Å². The van der Waals surface area contributed by atoms with Crippen LogP contribution in [0.25, 0.3) is 22.5 Å². The molecule has 0 bridgehead atoms. The van der Waals surface area contributed by atoms with Crippen LogP contribution in [-0.2, 0) is 0 Å². The fourth-order valence-corrected chi connectivity index (χ4v) is 2.33. The van der Waals surface area contributed by atoms with Gasteiger partial charge in [-0.1, -0.05) is 58.4 Å². The molecule has 0 fully saturated rings. The monoisotopic (exact) mass is 310 g/mol. The summed E-state index contributed by atoms with van der Waals surface area (Å²) in [6.45, 7) is 0. The summed E-state index contributed by atoms with van der Waals surface area (Å²) in [7, 11) is 0. The molecule has 0 spiro atoms. The minimum Gasteiger partial charge on any atom is -0.236 e. The third kappa shape index (κ3) is 2.71. The topological polar surface area (TPSA) is 25.8 Å². The lowest BCUT2D eigenvalue weighted by atomic mass is 10.1. The Bertz CT molecular complexity index is 696. The Balaban J connectivity index is 2.06. The van der Waals surface area contributed by atoms with Crippen molar-refractivity contribution in [3.8, 4) is 22.5 Å². The predicted molar refractivity (Wildman–Crippen MR) is 80.6 cm³/mol. The minimum absolute atomic E-state index is 0.926. The van der Waals surface area contributed by atoms with Gasteiger partial charge in [-0.15, -0.1) is 0 Å². The van der Waals surface area contributed by atoms with Crippen molar-refractivity contribution in [2.24, 2.45) is 0 Å². The summed E-state index contributed by atoms with van der Waals surface area (Å²) in [5.74, 6) is 0. The van der Waals surface area contributed by atoms with Gasteiger partial charge in [-0.3, -0.25) is 0 Å². The maximum Gasteiger partial charge on any atom is 0.116 e. The molecule has 3 heteroatoms. The first-order chi connectivity index (χ1) is 9.33. The third-order valence-corrected chi connectivity index (χ3v) is 3.35. The molecule has 0 aliphatic carbocycles. The highest BCUT2D eigenvalue weighted by molar-refractivity contribution is 9.10. The molecular formula is C16H11BrN2. The van der Waals surface area contributed by atoms with E-state index in [1.165, 1.54) is 0 Å². The molecule has 2 nitrogen and oxygen atoms in total. The molecule has 0 unspecified atom stereocenters. The first-order valence-electron chi connectivity index (χ1n) is 5.96. The van der Waals surface area contributed by atoms with Crippen LogP contribution < -0.4 is 0 Å². The van der Waals surface area contributed by atoms with Gasteiger partial charge in [-0.2, -0.15) is 0 Å². The van der Waals surface area contributed by atoms with Crippen molar-refractivity contribution in [3.05, 3.63) is 71.5 Å². The van der Waals surface area contributed by atoms with Gasteiger partial charge in [-0.05, 0) is 18.2 Å². The standard InChI is InChI=1S/C16H11BrN2/c17-14-8-4-7-13(9-14)16-10-15(18-11-19-16)12-5-2-1-3-6-12/h1-11H. The van der Waals surface area contributed by atoms with E-state index in [9.17, 15) is 0 Å². The number of halogens is 1. The van der Waals surface area contributed by atoms with E-state index in [0.717, 1.165) is 27.0 Å². The summed E-state index contributed by atoms with van der Waals surface area (Å²) in [6, 6.07) is 20.2. The van der Waals surface area contributed by atoms with Gasteiger partial charge in [0.25, 0.3) is 0 Å². The van der Waals surface area contributed by atoms with Crippen molar-refractivity contribution in [3.63, 3.8) is 0 Å². The second-order valence-electron chi connectivity index (χ2n) is 4.16. The van der Waals surface area contributed by atoms with E-state index in [4.69, 9.17) is 0 Å². The Hall–Kier alpha value is -2.00. The normalized spacial score (nSPS) is 10.4. The summed E-state index contributed by atoms with van der Waals surface area (Å²) in [6.07, 6.45) is 1.61. The molecule has 0 aliphatic rings. The Morgan fingerprint density at radius 2 is 1.37 bits per heavy atom. The largest absolute Gasteiger partial charge is 0.236 e. The summed E-state index contributed by atoms with van der Waals surface area (Å²) < 4.78 is 1.05. The lowest BCUT2D eigenvalue weighted by Gasteiger charge is -2.04. The second-order valence-corrected chi connectivity index (χ2v) is 5.08. The van der Waals surface area contributed by atoms with E-state index in [-0.39, 0.29) is 0 Å². The molecule has 0 saturated heterocycles. The first-order valence-corrected chi connectivity index (χ1v) is 6.75. The summed E-state index contributed by atoms with van der Waals surface area (Å²) in [4.78, 5) is 8.68. The van der Waals surface area contributed by atoms with Crippen molar-refractivity contribution in [1.29, 1.82) is 0 Å². The summed E-state index contributed by atoms with van der Waals surface area (Å²) in [5, 5.41) is 0. The van der Waals surface area contributed by atoms with Crippen molar-refractivity contribution in [1.82, 2.24) is 9.97 Å². The van der Waals surface area contributed by atoms with Crippen LogP contribution in [0.2, 0.25) is 0 Å². The Morgan fingerprint density at radius 1 is 0.684 bits per heavy atom. The predicted octanol–water partition coefficient (Wildman–Crippen LogP) is 4.57. The van der Waals surface area contributed by atoms with Crippen molar-refractivity contribution in [2.75, 3.05) is 0 Å². The van der Waals surface area contributed by atoms with Gasteiger partial charge >= 0.3 is 0 Å². The fourth-order valence-electron chi connectivity index (χ4n) is 1.93. The van der Waals surface area contributed by atoms with Gasteiger partial charge in [0.1, 0.15) is 6.33 Å². The van der Waals surface area contributed by atoms with Crippen molar-refractivity contribution < 1.29 is 0 Å². The molecule has 0 N–H and O–H groups in total. The molecular weight excluding hydrogens is 300 g/mol. The zero-order valence-corrected chi connectivity index (χ0v) is 11.7. The van der Waals surface area contributed by atoms with E-state index in [1.807, 2.05) is 54.6 Å². The average molecular weight is 311 g/mol. The molecule has 0 aliphatic heterocycles. The summed E-state index contributed by atoms with van der Waals surface area (Å²) >= 11 is 3.48. The molecule has 3 rings (SSSR count). The lowest BCUT2D eigenvalue weighted by molar-refractivity contribution is 1.18. The molecule has 0 amide bonds. The van der Waals surface area contributed by atoms with E-state index in [1.54, 1.807) is 6.33 Å². The van der Waals surface area contributed by atoms with Gasteiger partial charge in [0.2, 0.25) is 0 Å². The van der Waals surface area contributed by atoms with Gasteiger partial charge in [0, 0.05) is 15.6 Å². The van der Waals surface area contributed by atoms with Gasteiger partial charge in [0.15, 0.2) is 0 Å². The van der Waals surface area contributed by atoms with Gasteiger partial charge in [0.05, 0.1) is 11.4 Å². The molecule has 2 aromatic carbocycles. The molecule has 0 saturated carbocycles. The molecule has 1 heterocycles. The van der Waals surface area contributed by atoms with Crippen LogP contribution in [-0.4, -0.2) is 9.97 Å². The zero-order chi connectivity index (χ0) is 13.1. The average Bonchev–Trinajstić information content (AvgIpc) is 2.48. The van der Waals surface area contributed by atoms with E-state index in [0.29, 0.717) is 0 Å².